The summed E-state index contributed by atoms with van der Waals surface area (Å²) in [6.07, 6.45) is 1.15. The van der Waals surface area contributed by atoms with E-state index in [0.29, 0.717) is 13.0 Å². The molecule has 0 amide bonds. The van der Waals surface area contributed by atoms with Crippen LogP contribution in [0, 0.1) is 0 Å². The first-order valence-electron chi connectivity index (χ1n) is 4.29. The van der Waals surface area contributed by atoms with Crippen LogP contribution >= 0.6 is 22.9 Å². The van der Waals surface area contributed by atoms with E-state index in [9.17, 15) is 13.5 Å². The van der Waals surface area contributed by atoms with Crippen LogP contribution in [0.2, 0.25) is 4.47 Å². The Labute approximate surface area is 96.4 Å². The highest BCUT2D eigenvalue weighted by molar-refractivity contribution is 7.91. The molecule has 1 aromatic rings. The van der Waals surface area contributed by atoms with Crippen LogP contribution in [0.15, 0.2) is 10.4 Å². The van der Waals surface area contributed by atoms with E-state index in [1.807, 2.05) is 0 Å². The zero-order chi connectivity index (χ0) is 11.1. The Morgan fingerprint density at radius 3 is 2.87 bits per heavy atom. The summed E-state index contributed by atoms with van der Waals surface area (Å²) in [4.78, 5) is 3.69. The van der Waals surface area contributed by atoms with Gasteiger partial charge >= 0.3 is 0 Å². The summed E-state index contributed by atoms with van der Waals surface area (Å²) in [6.45, 7) is 0.497. The number of β-amino-alcohol motifs (C(OH)–C–C–N with tert-alkyl or cyclic N) is 1. The number of nitrogens with zero attached hydrogens (tertiary/aromatic N) is 2. The molecule has 0 saturated carbocycles. The number of thiazole rings is 1. The standard InChI is InChI=1S/C7H9ClN2O3S2/c8-7-9-3-6(14-7)15(12,13)10-2-1-5(11)4-10/h3,5,11H,1-2,4H2/t5-/m1/s1. The van der Waals surface area contributed by atoms with Crippen molar-refractivity contribution in [3.05, 3.63) is 10.7 Å². The lowest BCUT2D eigenvalue weighted by atomic mass is 10.3. The summed E-state index contributed by atoms with van der Waals surface area (Å²) in [7, 11) is -3.51. The largest absolute Gasteiger partial charge is 0.392 e. The Kier molecular flexibility index (Phi) is 3.00. The molecule has 2 rings (SSSR count). The average Bonchev–Trinajstić information content (AvgIpc) is 2.74. The lowest BCUT2D eigenvalue weighted by Crippen LogP contribution is -2.29. The van der Waals surface area contributed by atoms with Crippen LogP contribution in [0.3, 0.4) is 0 Å². The summed E-state index contributed by atoms with van der Waals surface area (Å²) in [6, 6.07) is 0. The van der Waals surface area contributed by atoms with Crippen molar-refractivity contribution in [2.45, 2.75) is 16.7 Å². The van der Waals surface area contributed by atoms with Gasteiger partial charge in [-0.3, -0.25) is 0 Å². The van der Waals surface area contributed by atoms with E-state index in [1.54, 1.807) is 0 Å². The Bertz CT molecular complexity index is 459. The number of aliphatic hydroxyl groups excluding tert-OH is 1. The lowest BCUT2D eigenvalue weighted by molar-refractivity contribution is 0.189. The number of aliphatic hydroxyl groups is 1. The van der Waals surface area contributed by atoms with E-state index in [4.69, 9.17) is 11.6 Å². The van der Waals surface area contributed by atoms with E-state index in [-0.39, 0.29) is 15.2 Å². The van der Waals surface area contributed by atoms with Gasteiger partial charge in [-0.2, -0.15) is 4.31 Å². The minimum absolute atomic E-state index is 0.126. The molecule has 1 N–H and O–H groups in total. The molecule has 15 heavy (non-hydrogen) atoms. The monoisotopic (exact) mass is 268 g/mol. The fourth-order valence-electron chi connectivity index (χ4n) is 1.41. The molecule has 2 heterocycles. The van der Waals surface area contributed by atoms with Gasteiger partial charge < -0.3 is 5.11 Å². The molecule has 0 radical (unpaired) electrons. The number of halogens is 1. The van der Waals surface area contributed by atoms with Crippen molar-refractivity contribution >= 4 is 33.0 Å². The Morgan fingerprint density at radius 2 is 2.40 bits per heavy atom. The number of hydrogen-bond donors (Lipinski definition) is 1. The third kappa shape index (κ3) is 2.16. The van der Waals surface area contributed by atoms with Gasteiger partial charge in [0.1, 0.15) is 0 Å². The summed E-state index contributed by atoms with van der Waals surface area (Å²) < 4.78 is 25.4. The second-order valence-corrected chi connectivity index (χ2v) is 7.02. The molecule has 0 unspecified atom stereocenters. The van der Waals surface area contributed by atoms with Crippen molar-refractivity contribution in [1.82, 2.24) is 9.29 Å². The fraction of sp³-hybridized carbons (Fsp3) is 0.571. The molecule has 84 valence electrons. The topological polar surface area (TPSA) is 70.5 Å². The first-order valence-corrected chi connectivity index (χ1v) is 6.93. The molecule has 8 heteroatoms. The normalized spacial score (nSPS) is 23.5. The van der Waals surface area contributed by atoms with Gasteiger partial charge in [-0.1, -0.05) is 22.9 Å². The van der Waals surface area contributed by atoms with Gasteiger partial charge in [0.15, 0.2) is 8.68 Å². The number of rotatable bonds is 2. The van der Waals surface area contributed by atoms with Crippen LogP contribution in [0.5, 0.6) is 0 Å². The van der Waals surface area contributed by atoms with E-state index < -0.39 is 16.1 Å². The van der Waals surface area contributed by atoms with Crippen molar-refractivity contribution in [3.63, 3.8) is 0 Å². The van der Waals surface area contributed by atoms with Gasteiger partial charge in [-0.05, 0) is 6.42 Å². The molecule has 5 nitrogen and oxygen atoms in total. The minimum Gasteiger partial charge on any atom is -0.392 e. The molecular weight excluding hydrogens is 260 g/mol. The lowest BCUT2D eigenvalue weighted by Gasteiger charge is -2.13. The fourth-order valence-corrected chi connectivity index (χ4v) is 4.36. The molecule has 0 spiro atoms. The first kappa shape index (κ1) is 11.3. The Balaban J connectivity index is 2.27. The highest BCUT2D eigenvalue weighted by Crippen LogP contribution is 2.27. The summed E-state index contributed by atoms with van der Waals surface area (Å²) in [5, 5.41) is 9.27. The number of hydrogen-bond acceptors (Lipinski definition) is 5. The molecule has 1 saturated heterocycles. The van der Waals surface area contributed by atoms with Gasteiger partial charge in [0.05, 0.1) is 12.3 Å². The van der Waals surface area contributed by atoms with Crippen LogP contribution in [0.4, 0.5) is 0 Å². The van der Waals surface area contributed by atoms with E-state index in [1.165, 1.54) is 10.5 Å². The molecule has 1 aromatic heterocycles. The molecule has 0 bridgehead atoms. The molecule has 0 aliphatic carbocycles. The van der Waals surface area contributed by atoms with Crippen LogP contribution in [-0.4, -0.2) is 42.0 Å². The Hall–Kier alpha value is -0.210. The van der Waals surface area contributed by atoms with Gasteiger partial charge in [0, 0.05) is 13.1 Å². The molecule has 1 fully saturated rings. The molecule has 1 aliphatic heterocycles. The second kappa shape index (κ2) is 3.99. The van der Waals surface area contributed by atoms with Crippen LogP contribution in [0.1, 0.15) is 6.42 Å². The predicted molar refractivity (Wildman–Crippen MR) is 56.5 cm³/mol. The highest BCUT2D eigenvalue weighted by atomic mass is 35.5. The SMILES string of the molecule is O=S(=O)(c1cnc(Cl)s1)N1CC[C@@H](O)C1. The maximum absolute atomic E-state index is 11.9. The summed E-state index contributed by atoms with van der Waals surface area (Å²) in [5.41, 5.74) is 0. The highest BCUT2D eigenvalue weighted by Gasteiger charge is 2.32. The molecular formula is C7H9ClN2O3S2. The van der Waals surface area contributed by atoms with Crippen LogP contribution < -0.4 is 0 Å². The minimum atomic E-state index is -3.51. The zero-order valence-electron chi connectivity index (χ0n) is 7.63. The summed E-state index contributed by atoms with van der Waals surface area (Å²) >= 11 is 6.50. The second-order valence-electron chi connectivity index (χ2n) is 3.24. The van der Waals surface area contributed by atoms with Crippen molar-refractivity contribution < 1.29 is 13.5 Å². The van der Waals surface area contributed by atoms with E-state index >= 15 is 0 Å². The smallest absolute Gasteiger partial charge is 0.254 e. The van der Waals surface area contributed by atoms with E-state index in [2.05, 4.69) is 4.98 Å². The maximum atomic E-state index is 11.9. The van der Waals surface area contributed by atoms with Crippen molar-refractivity contribution in [3.8, 4) is 0 Å². The molecule has 1 aliphatic rings. The number of aromatic nitrogens is 1. The third-order valence-electron chi connectivity index (χ3n) is 2.18. The van der Waals surface area contributed by atoms with Gasteiger partial charge in [-0.15, -0.1) is 0 Å². The predicted octanol–water partition coefficient (Wildman–Crippen LogP) is 0.552. The maximum Gasteiger partial charge on any atom is 0.254 e. The zero-order valence-corrected chi connectivity index (χ0v) is 10.0. The van der Waals surface area contributed by atoms with Gasteiger partial charge in [0.25, 0.3) is 10.0 Å². The first-order chi connectivity index (χ1) is 7.00. The number of sulfonamides is 1. The Morgan fingerprint density at radius 1 is 1.67 bits per heavy atom. The van der Waals surface area contributed by atoms with E-state index in [0.717, 1.165) is 11.3 Å². The van der Waals surface area contributed by atoms with Crippen molar-refractivity contribution in [1.29, 1.82) is 0 Å². The van der Waals surface area contributed by atoms with Crippen LogP contribution in [-0.2, 0) is 10.0 Å². The summed E-state index contributed by atoms with van der Waals surface area (Å²) in [5.74, 6) is 0. The van der Waals surface area contributed by atoms with Gasteiger partial charge in [-0.25, -0.2) is 13.4 Å². The average molecular weight is 269 g/mol. The quantitative estimate of drug-likeness (QED) is 0.851. The molecule has 0 aromatic carbocycles. The van der Waals surface area contributed by atoms with Crippen molar-refractivity contribution in [2.75, 3.05) is 13.1 Å². The van der Waals surface area contributed by atoms with Crippen LogP contribution in [0.25, 0.3) is 0 Å². The van der Waals surface area contributed by atoms with Gasteiger partial charge in [0.2, 0.25) is 0 Å². The van der Waals surface area contributed by atoms with Crippen molar-refractivity contribution in [2.24, 2.45) is 0 Å². The third-order valence-corrected chi connectivity index (χ3v) is 5.59. The molecule has 1 atom stereocenters.